The largest absolute Gasteiger partial charge is 0.506 e. The molecule has 0 atom stereocenters. The van der Waals surface area contributed by atoms with Gasteiger partial charge in [0.1, 0.15) is 5.76 Å². The van der Waals surface area contributed by atoms with Gasteiger partial charge in [-0.15, -0.1) is 0 Å². The fourth-order valence-electron chi connectivity index (χ4n) is 2.24. The SMILES string of the molecule is N=C(C1=C(O)c2cnccc2C(=O)C1=O)c1ccccc1. The second kappa shape index (κ2) is 4.79. The number of aromatic nitrogens is 1. The maximum Gasteiger partial charge on any atom is 0.239 e. The molecule has 0 spiro atoms. The highest BCUT2D eigenvalue weighted by Crippen LogP contribution is 2.28. The first kappa shape index (κ1) is 12.9. The lowest BCUT2D eigenvalue weighted by Crippen LogP contribution is -2.28. The summed E-state index contributed by atoms with van der Waals surface area (Å²) in [4.78, 5) is 28.1. The molecular formula is C16H10N2O3. The van der Waals surface area contributed by atoms with Crippen molar-refractivity contribution >= 4 is 23.0 Å². The lowest BCUT2D eigenvalue weighted by atomic mass is 9.85. The molecule has 0 bridgehead atoms. The minimum absolute atomic E-state index is 0.108. The van der Waals surface area contributed by atoms with Gasteiger partial charge in [0.05, 0.1) is 11.3 Å². The number of allylic oxidation sites excluding steroid dienone is 1. The van der Waals surface area contributed by atoms with E-state index < -0.39 is 11.6 Å². The molecule has 0 amide bonds. The molecule has 21 heavy (non-hydrogen) atoms. The molecule has 3 rings (SSSR count). The Kier molecular flexibility index (Phi) is 2.95. The zero-order chi connectivity index (χ0) is 15.0. The van der Waals surface area contributed by atoms with Gasteiger partial charge in [0, 0.05) is 29.1 Å². The summed E-state index contributed by atoms with van der Waals surface area (Å²) in [7, 11) is 0. The molecule has 0 unspecified atom stereocenters. The Bertz CT molecular complexity index is 807. The van der Waals surface area contributed by atoms with Crippen molar-refractivity contribution in [2.45, 2.75) is 0 Å². The Labute approximate surface area is 120 Å². The summed E-state index contributed by atoms with van der Waals surface area (Å²) >= 11 is 0. The highest BCUT2D eigenvalue weighted by Gasteiger charge is 2.35. The molecule has 5 nitrogen and oxygen atoms in total. The lowest BCUT2D eigenvalue weighted by molar-refractivity contribution is -0.111. The number of carbonyl (C=O) groups is 2. The van der Waals surface area contributed by atoms with Gasteiger partial charge in [-0.2, -0.15) is 0 Å². The third kappa shape index (κ3) is 1.95. The molecular weight excluding hydrogens is 268 g/mol. The van der Waals surface area contributed by atoms with Crippen molar-refractivity contribution in [1.29, 1.82) is 5.41 Å². The monoisotopic (exact) mass is 278 g/mol. The van der Waals surface area contributed by atoms with Crippen molar-refractivity contribution in [2.24, 2.45) is 0 Å². The molecule has 0 radical (unpaired) electrons. The first-order valence-electron chi connectivity index (χ1n) is 6.22. The van der Waals surface area contributed by atoms with Crippen LogP contribution in [0.25, 0.3) is 5.76 Å². The fraction of sp³-hybridized carbons (Fsp3) is 0. The number of fused-ring (bicyclic) bond motifs is 1. The third-order valence-electron chi connectivity index (χ3n) is 3.30. The molecule has 1 heterocycles. The molecule has 2 aromatic rings. The van der Waals surface area contributed by atoms with Crippen molar-refractivity contribution in [3.8, 4) is 0 Å². The van der Waals surface area contributed by atoms with E-state index in [-0.39, 0.29) is 28.2 Å². The van der Waals surface area contributed by atoms with E-state index in [9.17, 15) is 14.7 Å². The molecule has 0 aliphatic heterocycles. The van der Waals surface area contributed by atoms with E-state index in [4.69, 9.17) is 5.41 Å². The van der Waals surface area contributed by atoms with Gasteiger partial charge in [0.15, 0.2) is 0 Å². The summed E-state index contributed by atoms with van der Waals surface area (Å²) < 4.78 is 0. The van der Waals surface area contributed by atoms with Crippen molar-refractivity contribution in [3.05, 3.63) is 71.1 Å². The van der Waals surface area contributed by atoms with Crippen molar-refractivity contribution in [3.63, 3.8) is 0 Å². The number of aliphatic hydroxyl groups is 1. The van der Waals surface area contributed by atoms with Gasteiger partial charge in [0.25, 0.3) is 0 Å². The molecule has 2 N–H and O–H groups in total. The summed E-state index contributed by atoms with van der Waals surface area (Å²) in [6.07, 6.45) is 2.69. The number of aliphatic hydroxyl groups excluding tert-OH is 1. The number of ketones is 2. The second-order valence-corrected chi connectivity index (χ2v) is 4.54. The molecule has 1 aromatic carbocycles. The van der Waals surface area contributed by atoms with Crippen molar-refractivity contribution in [2.75, 3.05) is 0 Å². The fourth-order valence-corrected chi connectivity index (χ4v) is 2.24. The quantitative estimate of drug-likeness (QED) is 0.650. The summed E-state index contributed by atoms with van der Waals surface area (Å²) in [6, 6.07) is 9.86. The molecule has 1 aliphatic rings. The van der Waals surface area contributed by atoms with E-state index >= 15 is 0 Å². The molecule has 0 fully saturated rings. The van der Waals surface area contributed by atoms with Crippen LogP contribution < -0.4 is 0 Å². The first-order chi connectivity index (χ1) is 10.1. The van der Waals surface area contributed by atoms with Gasteiger partial charge in [-0.05, 0) is 6.07 Å². The highest BCUT2D eigenvalue weighted by atomic mass is 16.3. The number of hydrogen-bond acceptors (Lipinski definition) is 5. The predicted octanol–water partition coefficient (Wildman–Crippen LogP) is 2.18. The number of pyridine rings is 1. The van der Waals surface area contributed by atoms with Gasteiger partial charge in [-0.25, -0.2) is 0 Å². The molecule has 1 aromatic heterocycles. The number of hydrogen-bond donors (Lipinski definition) is 2. The Morgan fingerprint density at radius 3 is 2.43 bits per heavy atom. The summed E-state index contributed by atoms with van der Waals surface area (Å²) in [5.41, 5.74) is 0.273. The van der Waals surface area contributed by atoms with E-state index in [1.807, 2.05) is 0 Å². The zero-order valence-corrected chi connectivity index (χ0v) is 10.8. The van der Waals surface area contributed by atoms with Gasteiger partial charge in [0.2, 0.25) is 11.6 Å². The van der Waals surface area contributed by atoms with E-state index in [0.717, 1.165) is 0 Å². The van der Waals surface area contributed by atoms with E-state index in [1.54, 1.807) is 30.3 Å². The van der Waals surface area contributed by atoms with Crippen LogP contribution in [-0.4, -0.2) is 27.4 Å². The molecule has 0 saturated heterocycles. The Balaban J connectivity index is 2.20. The number of nitrogens with zero attached hydrogens (tertiary/aromatic N) is 1. The average Bonchev–Trinajstić information content (AvgIpc) is 2.53. The maximum absolute atomic E-state index is 12.2. The first-order valence-corrected chi connectivity index (χ1v) is 6.22. The number of rotatable bonds is 2. The van der Waals surface area contributed by atoms with Crippen LogP contribution in [0.1, 0.15) is 21.5 Å². The number of nitrogens with one attached hydrogen (secondary N) is 1. The molecule has 1 aliphatic carbocycles. The standard InChI is InChI=1S/C16H10N2O3/c17-13(9-4-2-1-3-5-9)12-14(19)11-8-18-7-6-10(11)15(20)16(12)21/h1-8,17,19H. The predicted molar refractivity (Wildman–Crippen MR) is 76.4 cm³/mol. The van der Waals surface area contributed by atoms with E-state index in [0.29, 0.717) is 5.56 Å². The summed E-state index contributed by atoms with van der Waals surface area (Å²) in [5, 5.41) is 18.4. The Morgan fingerprint density at radius 2 is 1.71 bits per heavy atom. The maximum atomic E-state index is 12.2. The van der Waals surface area contributed by atoms with Crippen molar-refractivity contribution < 1.29 is 14.7 Å². The Morgan fingerprint density at radius 1 is 1.00 bits per heavy atom. The summed E-state index contributed by atoms with van der Waals surface area (Å²) in [6.45, 7) is 0. The van der Waals surface area contributed by atoms with Crippen LogP contribution in [0.4, 0.5) is 0 Å². The molecule has 102 valence electrons. The van der Waals surface area contributed by atoms with Gasteiger partial charge in [-0.3, -0.25) is 20.0 Å². The third-order valence-corrected chi connectivity index (χ3v) is 3.30. The van der Waals surface area contributed by atoms with Crippen LogP contribution in [-0.2, 0) is 4.79 Å². The van der Waals surface area contributed by atoms with Gasteiger partial charge < -0.3 is 5.11 Å². The summed E-state index contributed by atoms with van der Waals surface area (Å²) in [5.74, 6) is -1.99. The van der Waals surface area contributed by atoms with Crippen LogP contribution in [0.3, 0.4) is 0 Å². The number of benzene rings is 1. The van der Waals surface area contributed by atoms with Crippen LogP contribution >= 0.6 is 0 Å². The highest BCUT2D eigenvalue weighted by molar-refractivity contribution is 6.58. The zero-order valence-electron chi connectivity index (χ0n) is 10.8. The second-order valence-electron chi connectivity index (χ2n) is 4.54. The number of carbonyl (C=O) groups excluding carboxylic acids is 2. The normalized spacial score (nSPS) is 14.1. The molecule has 0 saturated carbocycles. The number of Topliss-reactive ketones (excluding diaryl/α,β-unsaturated/α-hetero) is 2. The van der Waals surface area contributed by atoms with Gasteiger partial charge >= 0.3 is 0 Å². The van der Waals surface area contributed by atoms with Gasteiger partial charge in [-0.1, -0.05) is 30.3 Å². The topological polar surface area (TPSA) is 91.1 Å². The lowest BCUT2D eigenvalue weighted by Gasteiger charge is -2.17. The smallest absolute Gasteiger partial charge is 0.239 e. The minimum atomic E-state index is -0.875. The van der Waals surface area contributed by atoms with Crippen LogP contribution in [0.2, 0.25) is 0 Å². The van der Waals surface area contributed by atoms with E-state index in [1.165, 1.54) is 18.5 Å². The van der Waals surface area contributed by atoms with E-state index in [2.05, 4.69) is 4.98 Å². The Hall–Kier alpha value is -3.08. The van der Waals surface area contributed by atoms with Crippen LogP contribution in [0.5, 0.6) is 0 Å². The average molecular weight is 278 g/mol. The van der Waals surface area contributed by atoms with Crippen LogP contribution in [0.15, 0.2) is 54.4 Å². The van der Waals surface area contributed by atoms with Crippen molar-refractivity contribution in [1.82, 2.24) is 4.98 Å². The van der Waals surface area contributed by atoms with Crippen LogP contribution in [0, 0.1) is 5.41 Å². The molecule has 5 heteroatoms. The minimum Gasteiger partial charge on any atom is -0.506 e.